The highest BCUT2D eigenvalue weighted by molar-refractivity contribution is 5.28. The summed E-state index contributed by atoms with van der Waals surface area (Å²) in [5, 5.41) is 9.75. The van der Waals surface area contributed by atoms with Crippen LogP contribution in [-0.4, -0.2) is 11.7 Å². The van der Waals surface area contributed by atoms with E-state index in [1.165, 1.54) is 25.7 Å². The van der Waals surface area contributed by atoms with Crippen LogP contribution in [0.15, 0.2) is 24.3 Å². The monoisotopic (exact) mass is 260 g/mol. The maximum absolute atomic E-state index is 9.75. The van der Waals surface area contributed by atoms with Crippen molar-refractivity contribution in [2.75, 3.05) is 6.61 Å². The molecule has 104 valence electrons. The standard InChI is InChI=1S/C17H24O2/c1-2-17(18)13-5-7-16(8-6-13)19-11-15-10-12-3-4-14(15)9-12/h5-8,12,14-15,17-18H,2-4,9-11H2,1H3/t12?,14?,15?,17-/m1/s1. The fraction of sp³-hybridized carbons (Fsp3) is 0.647. The minimum absolute atomic E-state index is 0.348. The van der Waals surface area contributed by atoms with Crippen LogP contribution in [-0.2, 0) is 0 Å². The number of aliphatic hydroxyl groups is 1. The molecule has 1 aromatic rings. The molecule has 0 heterocycles. The van der Waals surface area contributed by atoms with Gasteiger partial charge in [0.25, 0.3) is 0 Å². The van der Waals surface area contributed by atoms with E-state index in [1.54, 1.807) is 0 Å². The van der Waals surface area contributed by atoms with Crippen molar-refractivity contribution < 1.29 is 9.84 Å². The van der Waals surface area contributed by atoms with Crippen molar-refractivity contribution in [1.82, 2.24) is 0 Å². The first-order chi connectivity index (χ1) is 9.26. The lowest BCUT2D eigenvalue weighted by atomic mass is 9.89. The average Bonchev–Trinajstić information content (AvgIpc) is 3.07. The van der Waals surface area contributed by atoms with Gasteiger partial charge in [0.05, 0.1) is 12.7 Å². The highest BCUT2D eigenvalue weighted by atomic mass is 16.5. The minimum atomic E-state index is -0.348. The Labute approximate surface area is 115 Å². The van der Waals surface area contributed by atoms with Gasteiger partial charge in [-0.15, -0.1) is 0 Å². The molecule has 0 amide bonds. The highest BCUT2D eigenvalue weighted by Gasteiger charge is 2.39. The summed E-state index contributed by atoms with van der Waals surface area (Å²) in [7, 11) is 0. The molecule has 0 radical (unpaired) electrons. The van der Waals surface area contributed by atoms with E-state index in [2.05, 4.69) is 0 Å². The van der Waals surface area contributed by atoms with E-state index >= 15 is 0 Å². The molecule has 1 aromatic carbocycles. The summed E-state index contributed by atoms with van der Waals surface area (Å²) in [5.41, 5.74) is 0.981. The maximum atomic E-state index is 9.75. The Balaban J connectivity index is 1.53. The molecule has 3 rings (SSSR count). The van der Waals surface area contributed by atoms with Crippen LogP contribution >= 0.6 is 0 Å². The van der Waals surface area contributed by atoms with E-state index < -0.39 is 0 Å². The quantitative estimate of drug-likeness (QED) is 0.868. The normalized spacial score (nSPS) is 30.5. The second-order valence-corrected chi connectivity index (χ2v) is 6.24. The molecule has 0 aliphatic heterocycles. The maximum Gasteiger partial charge on any atom is 0.119 e. The van der Waals surface area contributed by atoms with Crippen LogP contribution in [0.3, 0.4) is 0 Å². The molecule has 19 heavy (non-hydrogen) atoms. The average molecular weight is 260 g/mol. The Hall–Kier alpha value is -1.02. The Kier molecular flexibility index (Phi) is 3.79. The van der Waals surface area contributed by atoms with Gasteiger partial charge in [0.1, 0.15) is 5.75 Å². The molecule has 2 saturated carbocycles. The zero-order valence-electron chi connectivity index (χ0n) is 11.7. The topological polar surface area (TPSA) is 29.5 Å². The Morgan fingerprint density at radius 2 is 2.00 bits per heavy atom. The van der Waals surface area contributed by atoms with Crippen LogP contribution in [0, 0.1) is 17.8 Å². The molecule has 2 bridgehead atoms. The summed E-state index contributed by atoms with van der Waals surface area (Å²) in [6.45, 7) is 2.86. The van der Waals surface area contributed by atoms with E-state index in [0.717, 1.165) is 42.1 Å². The lowest BCUT2D eigenvalue weighted by Gasteiger charge is -2.21. The van der Waals surface area contributed by atoms with E-state index in [9.17, 15) is 5.11 Å². The fourth-order valence-corrected chi connectivity index (χ4v) is 3.81. The summed E-state index contributed by atoms with van der Waals surface area (Å²) < 4.78 is 5.93. The number of rotatable bonds is 5. The van der Waals surface area contributed by atoms with Gasteiger partial charge in [-0.1, -0.05) is 25.5 Å². The number of benzene rings is 1. The van der Waals surface area contributed by atoms with Gasteiger partial charge in [0.2, 0.25) is 0 Å². The predicted octanol–water partition coefficient (Wildman–Crippen LogP) is 3.95. The van der Waals surface area contributed by atoms with Gasteiger partial charge < -0.3 is 9.84 Å². The van der Waals surface area contributed by atoms with Crippen LogP contribution < -0.4 is 4.74 Å². The van der Waals surface area contributed by atoms with Crippen LogP contribution in [0.2, 0.25) is 0 Å². The molecule has 2 fully saturated rings. The van der Waals surface area contributed by atoms with E-state index in [0.29, 0.717) is 0 Å². The zero-order chi connectivity index (χ0) is 13.2. The van der Waals surface area contributed by atoms with Gasteiger partial charge in [0, 0.05) is 0 Å². The van der Waals surface area contributed by atoms with Gasteiger partial charge in [0.15, 0.2) is 0 Å². The number of ether oxygens (including phenoxy) is 1. The number of hydrogen-bond acceptors (Lipinski definition) is 2. The van der Waals surface area contributed by atoms with Gasteiger partial charge in [-0.2, -0.15) is 0 Å². The van der Waals surface area contributed by atoms with E-state index in [-0.39, 0.29) is 6.10 Å². The summed E-state index contributed by atoms with van der Waals surface area (Å²) in [5.74, 6) is 3.63. The molecular formula is C17H24O2. The van der Waals surface area contributed by atoms with Crippen molar-refractivity contribution in [3.63, 3.8) is 0 Å². The van der Waals surface area contributed by atoms with Crippen molar-refractivity contribution in [2.45, 2.75) is 45.1 Å². The van der Waals surface area contributed by atoms with Crippen molar-refractivity contribution in [1.29, 1.82) is 0 Å². The van der Waals surface area contributed by atoms with E-state index in [4.69, 9.17) is 4.74 Å². The molecule has 2 nitrogen and oxygen atoms in total. The predicted molar refractivity (Wildman–Crippen MR) is 76.1 cm³/mol. The molecule has 0 spiro atoms. The zero-order valence-corrected chi connectivity index (χ0v) is 11.7. The second kappa shape index (κ2) is 5.54. The lowest BCUT2D eigenvalue weighted by molar-refractivity contribution is 0.173. The summed E-state index contributed by atoms with van der Waals surface area (Å²) in [6.07, 6.45) is 6.09. The molecule has 3 unspecified atom stereocenters. The molecular weight excluding hydrogens is 236 g/mol. The van der Waals surface area contributed by atoms with Gasteiger partial charge >= 0.3 is 0 Å². The molecule has 2 aliphatic rings. The van der Waals surface area contributed by atoms with Crippen molar-refractivity contribution in [2.24, 2.45) is 17.8 Å². The molecule has 1 N–H and O–H groups in total. The van der Waals surface area contributed by atoms with Crippen LogP contribution in [0.4, 0.5) is 0 Å². The van der Waals surface area contributed by atoms with Crippen LogP contribution in [0.25, 0.3) is 0 Å². The Bertz CT molecular complexity index is 412. The van der Waals surface area contributed by atoms with Crippen molar-refractivity contribution in [3.8, 4) is 5.75 Å². The van der Waals surface area contributed by atoms with Gasteiger partial charge in [-0.3, -0.25) is 0 Å². The summed E-state index contributed by atoms with van der Waals surface area (Å²) in [6, 6.07) is 7.93. The minimum Gasteiger partial charge on any atom is -0.493 e. The Morgan fingerprint density at radius 1 is 1.21 bits per heavy atom. The summed E-state index contributed by atoms with van der Waals surface area (Å²) >= 11 is 0. The third kappa shape index (κ3) is 2.79. The molecule has 0 saturated heterocycles. The van der Waals surface area contributed by atoms with Crippen LogP contribution in [0.1, 0.15) is 50.7 Å². The first kappa shape index (κ1) is 13.0. The first-order valence-corrected chi connectivity index (χ1v) is 7.67. The Morgan fingerprint density at radius 3 is 2.58 bits per heavy atom. The number of fused-ring (bicyclic) bond motifs is 2. The third-order valence-electron chi connectivity index (χ3n) is 5.00. The lowest BCUT2D eigenvalue weighted by Crippen LogP contribution is -2.18. The number of aliphatic hydroxyl groups excluding tert-OH is 1. The second-order valence-electron chi connectivity index (χ2n) is 6.24. The molecule has 4 atom stereocenters. The molecule has 2 heteroatoms. The van der Waals surface area contributed by atoms with E-state index in [1.807, 2.05) is 31.2 Å². The van der Waals surface area contributed by atoms with Crippen molar-refractivity contribution >= 4 is 0 Å². The number of hydrogen-bond donors (Lipinski definition) is 1. The molecule has 0 aromatic heterocycles. The van der Waals surface area contributed by atoms with Crippen molar-refractivity contribution in [3.05, 3.63) is 29.8 Å². The van der Waals surface area contributed by atoms with Crippen LogP contribution in [0.5, 0.6) is 5.75 Å². The van der Waals surface area contributed by atoms with Gasteiger partial charge in [-0.25, -0.2) is 0 Å². The fourth-order valence-electron chi connectivity index (χ4n) is 3.81. The molecule has 2 aliphatic carbocycles. The SMILES string of the molecule is CC[C@@H](O)c1ccc(OCC2CC3CCC2C3)cc1. The third-order valence-corrected chi connectivity index (χ3v) is 5.00. The largest absolute Gasteiger partial charge is 0.493 e. The highest BCUT2D eigenvalue weighted by Crippen LogP contribution is 2.48. The summed E-state index contributed by atoms with van der Waals surface area (Å²) in [4.78, 5) is 0. The smallest absolute Gasteiger partial charge is 0.119 e. The first-order valence-electron chi connectivity index (χ1n) is 7.67. The van der Waals surface area contributed by atoms with Gasteiger partial charge in [-0.05, 0) is 61.1 Å².